The van der Waals surface area contributed by atoms with E-state index in [0.717, 1.165) is 16.7 Å². The Labute approximate surface area is 210 Å². The van der Waals surface area contributed by atoms with Crippen molar-refractivity contribution in [2.24, 2.45) is 0 Å². The summed E-state index contributed by atoms with van der Waals surface area (Å²) < 4.78 is 30.4. The lowest BCUT2D eigenvalue weighted by molar-refractivity contribution is -0.215. The quantitative estimate of drug-likeness (QED) is 0.364. The fraction of sp³-hybridized carbons (Fsp3) is 0.310. The van der Waals surface area contributed by atoms with E-state index in [1.54, 1.807) is 6.92 Å². The molecule has 0 N–H and O–H groups in total. The predicted octanol–water partition coefficient (Wildman–Crippen LogP) is 4.31. The van der Waals surface area contributed by atoms with Gasteiger partial charge in [-0.2, -0.15) is 5.26 Å². The average Bonchev–Trinajstić information content (AvgIpc) is 3.40. The molecule has 5 unspecified atom stereocenters. The Morgan fingerprint density at radius 1 is 0.917 bits per heavy atom. The summed E-state index contributed by atoms with van der Waals surface area (Å²) in [5, 5.41) is 9.61. The monoisotopic (exact) mass is 485 g/mol. The molecule has 0 bridgehead atoms. The van der Waals surface area contributed by atoms with E-state index in [2.05, 4.69) is 0 Å². The minimum Gasteiger partial charge on any atom is -0.463 e. The van der Waals surface area contributed by atoms with Crippen LogP contribution in [0.5, 0.6) is 0 Å². The molecule has 3 aromatic rings. The first-order valence-corrected chi connectivity index (χ1v) is 11.9. The Morgan fingerprint density at radius 3 is 1.86 bits per heavy atom. The molecular formula is C29H27NO6. The van der Waals surface area contributed by atoms with E-state index in [1.165, 1.54) is 6.92 Å². The molecule has 3 aromatic carbocycles. The lowest BCUT2D eigenvalue weighted by atomic mass is 9.79. The summed E-state index contributed by atoms with van der Waals surface area (Å²) >= 11 is 0. The van der Waals surface area contributed by atoms with E-state index in [-0.39, 0.29) is 6.61 Å². The zero-order chi connectivity index (χ0) is 25.2. The molecule has 2 aliphatic rings. The zero-order valence-corrected chi connectivity index (χ0v) is 20.1. The first-order chi connectivity index (χ1) is 17.4. The molecule has 2 heterocycles. The van der Waals surface area contributed by atoms with Crippen LogP contribution in [0.2, 0.25) is 0 Å². The Hall–Kier alpha value is -3.54. The number of ether oxygens (including phenoxy) is 5. The molecule has 5 atom stereocenters. The number of fused-ring (bicyclic) bond motifs is 1. The van der Waals surface area contributed by atoms with Crippen LogP contribution in [0, 0.1) is 11.3 Å². The van der Waals surface area contributed by atoms with Gasteiger partial charge in [-0.25, -0.2) is 0 Å². The van der Waals surface area contributed by atoms with E-state index in [0.29, 0.717) is 0 Å². The Kier molecular flexibility index (Phi) is 6.61. The lowest BCUT2D eigenvalue weighted by Gasteiger charge is -2.40. The van der Waals surface area contributed by atoms with Crippen molar-refractivity contribution in [3.05, 3.63) is 108 Å². The second-order valence-electron chi connectivity index (χ2n) is 8.97. The number of hydrogen-bond acceptors (Lipinski definition) is 7. The first kappa shape index (κ1) is 24.2. The van der Waals surface area contributed by atoms with Crippen LogP contribution < -0.4 is 0 Å². The summed E-state index contributed by atoms with van der Waals surface area (Å²) in [4.78, 5) is 11.6. The molecule has 0 radical (unpaired) electrons. The number of benzene rings is 3. The Balaban J connectivity index is 1.65. The molecule has 2 aliphatic heterocycles. The molecule has 2 fully saturated rings. The molecule has 7 nitrogen and oxygen atoms in total. The third kappa shape index (κ3) is 4.41. The van der Waals surface area contributed by atoms with Crippen molar-refractivity contribution in [3.63, 3.8) is 0 Å². The molecule has 0 aliphatic carbocycles. The van der Waals surface area contributed by atoms with E-state index >= 15 is 0 Å². The molecular weight excluding hydrogens is 458 g/mol. The van der Waals surface area contributed by atoms with Gasteiger partial charge in [-0.05, 0) is 16.7 Å². The van der Waals surface area contributed by atoms with Crippen LogP contribution in [0.3, 0.4) is 0 Å². The average molecular weight is 486 g/mol. The third-order valence-electron chi connectivity index (χ3n) is 6.48. The lowest BCUT2D eigenvalue weighted by Crippen LogP contribution is -2.46. The molecule has 2 saturated heterocycles. The van der Waals surface area contributed by atoms with Crippen LogP contribution in [0.1, 0.15) is 30.5 Å². The van der Waals surface area contributed by atoms with Gasteiger partial charge < -0.3 is 23.7 Å². The van der Waals surface area contributed by atoms with Gasteiger partial charge in [0.05, 0.1) is 0 Å². The topological polar surface area (TPSA) is 87.0 Å². The molecule has 5 rings (SSSR count). The summed E-state index contributed by atoms with van der Waals surface area (Å²) in [7, 11) is 0. The van der Waals surface area contributed by atoms with Crippen molar-refractivity contribution in [3.8, 4) is 6.07 Å². The summed E-state index contributed by atoms with van der Waals surface area (Å²) in [6.07, 6.45) is -2.97. The number of nitrogens with zero attached hydrogens (tertiary/aromatic N) is 1. The van der Waals surface area contributed by atoms with Crippen molar-refractivity contribution in [1.82, 2.24) is 0 Å². The number of carbonyl (C=O) groups is 1. The largest absolute Gasteiger partial charge is 0.463 e. The first-order valence-electron chi connectivity index (χ1n) is 11.9. The maximum Gasteiger partial charge on any atom is 0.302 e. The summed E-state index contributed by atoms with van der Waals surface area (Å²) in [6, 6.07) is 31.8. The summed E-state index contributed by atoms with van der Waals surface area (Å²) in [5.74, 6) is -1.91. The van der Waals surface area contributed by atoms with Crippen molar-refractivity contribution in [2.75, 3.05) is 6.61 Å². The van der Waals surface area contributed by atoms with Crippen LogP contribution in [0.4, 0.5) is 0 Å². The van der Waals surface area contributed by atoms with Crippen molar-refractivity contribution < 1.29 is 28.5 Å². The van der Waals surface area contributed by atoms with Gasteiger partial charge in [0.25, 0.3) is 5.79 Å². The molecule has 7 heteroatoms. The van der Waals surface area contributed by atoms with Gasteiger partial charge in [-0.3, -0.25) is 4.79 Å². The van der Waals surface area contributed by atoms with E-state index in [1.807, 2.05) is 97.1 Å². The number of rotatable bonds is 7. The molecule has 0 saturated carbocycles. The molecule has 0 spiro atoms. The summed E-state index contributed by atoms with van der Waals surface area (Å²) in [6.45, 7) is 2.84. The SMILES string of the molecule is CC(=O)OCC1OC2OC(C)(C#N)OC2C1OC(c1ccccc1)(c1ccccc1)c1ccccc1. The van der Waals surface area contributed by atoms with Crippen LogP contribution >= 0.6 is 0 Å². The van der Waals surface area contributed by atoms with Crippen molar-refractivity contribution in [2.45, 2.75) is 49.8 Å². The molecule has 0 aromatic heterocycles. The van der Waals surface area contributed by atoms with E-state index in [9.17, 15) is 10.1 Å². The second kappa shape index (κ2) is 9.84. The minimum atomic E-state index is -1.47. The van der Waals surface area contributed by atoms with Crippen molar-refractivity contribution in [1.29, 1.82) is 5.26 Å². The van der Waals surface area contributed by atoms with Gasteiger partial charge in [0.2, 0.25) is 0 Å². The Morgan fingerprint density at radius 2 is 1.42 bits per heavy atom. The second-order valence-corrected chi connectivity index (χ2v) is 8.97. The van der Waals surface area contributed by atoms with Crippen LogP contribution in [-0.4, -0.2) is 43.0 Å². The standard InChI is InChI=1S/C29H27NO6/c1-20(31)32-18-24-25(26-27(33-24)36-28(2,19-30)34-26)35-29(21-12-6-3-7-13-21,22-14-8-4-9-15-22)23-16-10-5-11-17-23/h3-17,24-27H,18H2,1-2H3. The van der Waals surface area contributed by atoms with Gasteiger partial charge in [0.1, 0.15) is 36.6 Å². The van der Waals surface area contributed by atoms with Crippen LogP contribution in [-0.2, 0) is 34.1 Å². The van der Waals surface area contributed by atoms with Gasteiger partial charge >= 0.3 is 5.97 Å². The fourth-order valence-electron chi connectivity index (χ4n) is 4.88. The maximum absolute atomic E-state index is 11.6. The normalized spacial score (nSPS) is 27.2. The van der Waals surface area contributed by atoms with Crippen LogP contribution in [0.25, 0.3) is 0 Å². The third-order valence-corrected chi connectivity index (χ3v) is 6.48. The minimum absolute atomic E-state index is 0.0442. The van der Waals surface area contributed by atoms with Crippen LogP contribution in [0.15, 0.2) is 91.0 Å². The Bertz CT molecular complexity index is 1130. The highest BCUT2D eigenvalue weighted by Crippen LogP contribution is 2.46. The summed E-state index contributed by atoms with van der Waals surface area (Å²) in [5.41, 5.74) is 1.65. The predicted molar refractivity (Wildman–Crippen MR) is 129 cm³/mol. The smallest absolute Gasteiger partial charge is 0.302 e. The highest BCUT2D eigenvalue weighted by Gasteiger charge is 2.59. The zero-order valence-electron chi connectivity index (χ0n) is 20.1. The highest BCUT2D eigenvalue weighted by atomic mass is 16.8. The van der Waals surface area contributed by atoms with Gasteiger partial charge in [0.15, 0.2) is 6.29 Å². The molecule has 184 valence electrons. The van der Waals surface area contributed by atoms with Gasteiger partial charge in [-0.15, -0.1) is 0 Å². The highest BCUT2D eigenvalue weighted by molar-refractivity contribution is 5.65. The van der Waals surface area contributed by atoms with Crippen molar-refractivity contribution >= 4 is 5.97 Å². The number of carbonyl (C=O) groups excluding carboxylic acids is 1. The molecule has 0 amide bonds. The fourth-order valence-corrected chi connectivity index (χ4v) is 4.88. The van der Waals surface area contributed by atoms with E-state index in [4.69, 9.17) is 23.7 Å². The van der Waals surface area contributed by atoms with E-state index < -0.39 is 42.0 Å². The maximum atomic E-state index is 11.6. The number of nitriles is 1. The van der Waals surface area contributed by atoms with Gasteiger partial charge in [0, 0.05) is 13.8 Å². The number of esters is 1. The molecule has 36 heavy (non-hydrogen) atoms. The van der Waals surface area contributed by atoms with Gasteiger partial charge in [-0.1, -0.05) is 91.0 Å². The number of hydrogen-bond donors (Lipinski definition) is 0.